The van der Waals surface area contributed by atoms with Crippen molar-refractivity contribution in [2.45, 2.75) is 44.7 Å². The van der Waals surface area contributed by atoms with Crippen LogP contribution in [0.4, 0.5) is 5.69 Å². The maximum Gasteiger partial charge on any atom is 0.264 e. The van der Waals surface area contributed by atoms with E-state index in [4.69, 9.17) is 11.6 Å². The molecule has 1 atom stereocenters. The number of carbonyl (C=O) groups is 2. The molecule has 1 N–H and O–H groups in total. The predicted octanol–water partition coefficient (Wildman–Crippen LogP) is 4.71. The summed E-state index contributed by atoms with van der Waals surface area (Å²) >= 11 is 6.02. The second-order valence-electron chi connectivity index (χ2n) is 8.85. The lowest BCUT2D eigenvalue weighted by atomic mass is 10.1. The van der Waals surface area contributed by atoms with Gasteiger partial charge < -0.3 is 10.2 Å². The van der Waals surface area contributed by atoms with Crippen LogP contribution in [-0.2, 0) is 26.2 Å². The first kappa shape index (κ1) is 28.2. The number of anilines is 1. The van der Waals surface area contributed by atoms with Gasteiger partial charge in [0.25, 0.3) is 10.0 Å². The Labute approximate surface area is 224 Å². The van der Waals surface area contributed by atoms with Crippen molar-refractivity contribution < 1.29 is 18.0 Å². The summed E-state index contributed by atoms with van der Waals surface area (Å²) in [6.07, 6.45) is 0.355. The van der Waals surface area contributed by atoms with Crippen LogP contribution < -0.4 is 9.62 Å². The quantitative estimate of drug-likeness (QED) is 0.403. The largest absolute Gasteiger partial charge is 0.357 e. The number of nitrogens with one attached hydrogen (secondary N) is 1. The molecule has 0 aliphatic heterocycles. The summed E-state index contributed by atoms with van der Waals surface area (Å²) in [4.78, 5) is 28.1. The Balaban J connectivity index is 2.05. The Morgan fingerprint density at radius 2 is 1.59 bits per heavy atom. The van der Waals surface area contributed by atoms with E-state index in [9.17, 15) is 18.0 Å². The van der Waals surface area contributed by atoms with Crippen molar-refractivity contribution in [1.82, 2.24) is 10.2 Å². The number of likely N-dealkylation sites (N-methyl/N-ethyl adjacent to an activating group) is 1. The zero-order valence-electron chi connectivity index (χ0n) is 21.4. The van der Waals surface area contributed by atoms with Crippen molar-refractivity contribution in [1.29, 1.82) is 0 Å². The highest BCUT2D eigenvalue weighted by molar-refractivity contribution is 7.92. The first-order chi connectivity index (χ1) is 17.6. The van der Waals surface area contributed by atoms with Gasteiger partial charge in [-0.05, 0) is 67.8 Å². The zero-order chi connectivity index (χ0) is 27.2. The molecule has 7 nitrogen and oxygen atoms in total. The normalized spacial score (nSPS) is 12.0. The van der Waals surface area contributed by atoms with Crippen LogP contribution in [0.3, 0.4) is 0 Å². The molecule has 0 saturated heterocycles. The fourth-order valence-corrected chi connectivity index (χ4v) is 5.55. The van der Waals surface area contributed by atoms with Gasteiger partial charge in [0, 0.05) is 18.6 Å². The van der Waals surface area contributed by atoms with Crippen molar-refractivity contribution in [3.8, 4) is 0 Å². The van der Waals surface area contributed by atoms with Crippen molar-refractivity contribution in [2.75, 3.05) is 17.9 Å². The van der Waals surface area contributed by atoms with Crippen molar-refractivity contribution >= 4 is 39.1 Å². The van der Waals surface area contributed by atoms with Crippen molar-refractivity contribution in [3.63, 3.8) is 0 Å². The van der Waals surface area contributed by atoms with E-state index in [1.54, 1.807) is 54.6 Å². The van der Waals surface area contributed by atoms with Crippen LogP contribution in [0.2, 0.25) is 5.02 Å². The number of hydrogen-bond acceptors (Lipinski definition) is 4. The van der Waals surface area contributed by atoms with Crippen molar-refractivity contribution in [2.24, 2.45) is 0 Å². The summed E-state index contributed by atoms with van der Waals surface area (Å²) in [5.41, 5.74) is 2.91. The molecule has 3 aromatic carbocycles. The minimum atomic E-state index is -4.09. The third-order valence-corrected chi connectivity index (χ3v) is 8.12. The molecule has 2 amide bonds. The Kier molecular flexibility index (Phi) is 9.34. The number of hydrogen-bond donors (Lipinski definition) is 1. The van der Waals surface area contributed by atoms with Crippen LogP contribution in [0.25, 0.3) is 0 Å². The van der Waals surface area contributed by atoms with Crippen LogP contribution in [-0.4, -0.2) is 44.8 Å². The average molecular weight is 542 g/mol. The summed E-state index contributed by atoms with van der Waals surface area (Å²) in [7, 11) is -2.57. The van der Waals surface area contributed by atoms with Gasteiger partial charge >= 0.3 is 0 Å². The third kappa shape index (κ3) is 6.90. The lowest BCUT2D eigenvalue weighted by Crippen LogP contribution is -2.51. The standard InChI is InChI=1S/C28H32ClN3O4S/c1-5-26(28(34)30-4)31(18-22-11-13-23(29)14-12-22)27(33)19-32(24-8-6-7-21(3)17-24)37(35,36)25-15-9-20(2)10-16-25/h6-17,26H,5,18-19H2,1-4H3,(H,30,34). The lowest BCUT2D eigenvalue weighted by Gasteiger charge is -2.33. The van der Waals surface area contributed by atoms with Gasteiger partial charge in [-0.1, -0.05) is 60.5 Å². The van der Waals surface area contributed by atoms with Gasteiger partial charge in [0.1, 0.15) is 12.6 Å². The van der Waals surface area contributed by atoms with E-state index in [1.807, 2.05) is 26.8 Å². The number of aryl methyl sites for hydroxylation is 2. The third-order valence-electron chi connectivity index (χ3n) is 6.08. The molecule has 0 aromatic heterocycles. The molecule has 196 valence electrons. The lowest BCUT2D eigenvalue weighted by molar-refractivity contribution is -0.140. The van der Waals surface area contributed by atoms with E-state index < -0.39 is 28.5 Å². The number of benzene rings is 3. The van der Waals surface area contributed by atoms with Gasteiger partial charge in [0.05, 0.1) is 10.6 Å². The molecule has 3 aromatic rings. The highest BCUT2D eigenvalue weighted by Crippen LogP contribution is 2.26. The number of amides is 2. The maximum atomic E-state index is 13.8. The molecule has 0 spiro atoms. The van der Waals surface area contributed by atoms with Crippen LogP contribution in [0, 0.1) is 13.8 Å². The highest BCUT2D eigenvalue weighted by atomic mass is 35.5. The number of sulfonamides is 1. The maximum absolute atomic E-state index is 13.8. The minimum absolute atomic E-state index is 0.0787. The molecule has 0 radical (unpaired) electrons. The van der Waals surface area contributed by atoms with Gasteiger partial charge in [-0.3, -0.25) is 13.9 Å². The molecule has 1 unspecified atom stereocenters. The van der Waals surface area contributed by atoms with Crippen LogP contribution in [0.15, 0.2) is 77.7 Å². The SMILES string of the molecule is CCC(C(=O)NC)N(Cc1ccc(Cl)cc1)C(=O)CN(c1cccc(C)c1)S(=O)(=O)c1ccc(C)cc1. The Hall–Kier alpha value is -3.36. The number of rotatable bonds is 10. The molecule has 0 aliphatic rings. The van der Waals surface area contributed by atoms with E-state index >= 15 is 0 Å². The fourth-order valence-electron chi connectivity index (χ4n) is 4.02. The molecule has 0 aliphatic carbocycles. The second-order valence-corrected chi connectivity index (χ2v) is 11.1. The highest BCUT2D eigenvalue weighted by Gasteiger charge is 2.33. The summed E-state index contributed by atoms with van der Waals surface area (Å²) in [6, 6.07) is 19.7. The van der Waals surface area contributed by atoms with E-state index in [2.05, 4.69) is 5.32 Å². The average Bonchev–Trinajstić information content (AvgIpc) is 2.88. The molecular formula is C28H32ClN3O4S. The Morgan fingerprint density at radius 3 is 2.16 bits per heavy atom. The van der Waals surface area contributed by atoms with Crippen molar-refractivity contribution in [3.05, 3.63) is 94.5 Å². The molecule has 37 heavy (non-hydrogen) atoms. The number of nitrogens with zero attached hydrogens (tertiary/aromatic N) is 2. The number of halogens is 1. The smallest absolute Gasteiger partial charge is 0.264 e. The van der Waals surface area contributed by atoms with Gasteiger partial charge in [-0.2, -0.15) is 0 Å². The molecular weight excluding hydrogens is 510 g/mol. The van der Waals surface area contributed by atoms with E-state index in [0.717, 1.165) is 21.0 Å². The molecule has 0 bridgehead atoms. The summed E-state index contributed by atoms with van der Waals surface area (Å²) in [6.45, 7) is 5.18. The zero-order valence-corrected chi connectivity index (χ0v) is 23.0. The van der Waals surface area contributed by atoms with E-state index in [0.29, 0.717) is 17.1 Å². The summed E-state index contributed by atoms with van der Waals surface area (Å²) in [5, 5.41) is 3.17. The first-order valence-electron chi connectivity index (χ1n) is 12.0. The second kappa shape index (κ2) is 12.3. The summed E-state index contributed by atoms with van der Waals surface area (Å²) < 4.78 is 28.7. The first-order valence-corrected chi connectivity index (χ1v) is 13.8. The molecule has 9 heteroatoms. The van der Waals surface area contributed by atoms with E-state index in [1.165, 1.54) is 24.1 Å². The molecule has 0 heterocycles. The van der Waals surface area contributed by atoms with Gasteiger partial charge in [-0.25, -0.2) is 8.42 Å². The predicted molar refractivity (Wildman–Crippen MR) is 147 cm³/mol. The van der Waals surface area contributed by atoms with Crippen LogP contribution in [0.1, 0.15) is 30.0 Å². The Morgan fingerprint density at radius 1 is 0.946 bits per heavy atom. The summed E-state index contributed by atoms with van der Waals surface area (Å²) in [5.74, 6) is -0.823. The van der Waals surface area contributed by atoms with Gasteiger partial charge in [0.2, 0.25) is 11.8 Å². The molecule has 0 fully saturated rings. The van der Waals surface area contributed by atoms with Crippen LogP contribution >= 0.6 is 11.6 Å². The molecule has 0 saturated carbocycles. The monoisotopic (exact) mass is 541 g/mol. The number of carbonyl (C=O) groups excluding carboxylic acids is 2. The fraction of sp³-hybridized carbons (Fsp3) is 0.286. The van der Waals surface area contributed by atoms with Gasteiger partial charge in [-0.15, -0.1) is 0 Å². The van der Waals surface area contributed by atoms with Crippen LogP contribution in [0.5, 0.6) is 0 Å². The van der Waals surface area contributed by atoms with E-state index in [-0.39, 0.29) is 17.3 Å². The van der Waals surface area contributed by atoms with Gasteiger partial charge in [0.15, 0.2) is 0 Å². The minimum Gasteiger partial charge on any atom is -0.357 e. The molecule has 3 rings (SSSR count). The topological polar surface area (TPSA) is 86.8 Å². The Bertz CT molecular complexity index is 1340.